The molecule has 2 saturated carbocycles. The summed E-state index contributed by atoms with van der Waals surface area (Å²) in [6.45, 7) is 6.96. The normalized spacial score (nSPS) is 40.4. The van der Waals surface area contributed by atoms with E-state index in [0.717, 1.165) is 30.6 Å². The van der Waals surface area contributed by atoms with E-state index in [-0.39, 0.29) is 12.7 Å². The molecule has 6 atom stereocenters. The van der Waals surface area contributed by atoms with E-state index < -0.39 is 0 Å². The van der Waals surface area contributed by atoms with E-state index in [0.29, 0.717) is 10.8 Å². The van der Waals surface area contributed by atoms with E-state index in [1.165, 1.54) is 37.7 Å². The van der Waals surface area contributed by atoms with Crippen LogP contribution in [0.2, 0.25) is 0 Å². The number of hydrogen-bond acceptors (Lipinski definition) is 3. The minimum absolute atomic E-state index is 0.106. The molecule has 0 unspecified atom stereocenters. The lowest BCUT2D eigenvalue weighted by Crippen LogP contribution is -2.49. The molecule has 1 aromatic rings. The summed E-state index contributed by atoms with van der Waals surface area (Å²) in [5.74, 6) is 2.36. The molecule has 0 amide bonds. The lowest BCUT2D eigenvalue weighted by atomic mass is 9.47. The summed E-state index contributed by atoms with van der Waals surface area (Å²) in [4.78, 5) is 4.38. The third-order valence-corrected chi connectivity index (χ3v) is 8.63. The molecule has 2 fully saturated rings. The third kappa shape index (κ3) is 3.41. The lowest BCUT2D eigenvalue weighted by molar-refractivity contribution is -0.0238. The highest BCUT2D eigenvalue weighted by Crippen LogP contribution is 2.66. The Morgan fingerprint density at radius 3 is 2.55 bits per heavy atom. The molecule has 1 aromatic heterocycles. The molecule has 158 valence electrons. The maximum Gasteiger partial charge on any atom is 0.0577 e. The van der Waals surface area contributed by atoms with Crippen molar-refractivity contribution in [1.29, 1.82) is 0 Å². The second kappa shape index (κ2) is 8.00. The van der Waals surface area contributed by atoms with Gasteiger partial charge in [-0.05, 0) is 97.7 Å². The van der Waals surface area contributed by atoms with Crippen LogP contribution < -0.4 is 0 Å². The van der Waals surface area contributed by atoms with Crippen LogP contribution in [0.5, 0.6) is 0 Å². The highest BCUT2D eigenvalue weighted by atomic mass is 16.3. The fraction of sp³-hybridized carbons (Fsp3) is 0.654. The van der Waals surface area contributed by atoms with Gasteiger partial charge >= 0.3 is 0 Å². The van der Waals surface area contributed by atoms with E-state index in [1.54, 1.807) is 18.1 Å². The van der Waals surface area contributed by atoms with Crippen molar-refractivity contribution in [3.05, 3.63) is 47.8 Å². The fourth-order valence-electron chi connectivity index (χ4n) is 7.18. The Kier molecular flexibility index (Phi) is 5.74. The Hall–Kier alpha value is -1.45. The zero-order valence-electron chi connectivity index (χ0n) is 18.3. The van der Waals surface area contributed by atoms with Crippen molar-refractivity contribution in [1.82, 2.24) is 4.98 Å². The summed E-state index contributed by atoms with van der Waals surface area (Å²) >= 11 is 0. The van der Waals surface area contributed by atoms with Crippen LogP contribution >= 0.6 is 0 Å². The van der Waals surface area contributed by atoms with Crippen LogP contribution in [0.1, 0.15) is 71.3 Å². The van der Waals surface area contributed by atoms with Crippen molar-refractivity contribution in [3.8, 4) is 0 Å². The molecule has 29 heavy (non-hydrogen) atoms. The van der Waals surface area contributed by atoms with Gasteiger partial charge in [0, 0.05) is 19.0 Å². The summed E-state index contributed by atoms with van der Waals surface area (Å²) in [5, 5.41) is 17.7. The molecular weight excluding hydrogens is 358 g/mol. The van der Waals surface area contributed by atoms with Gasteiger partial charge in [0.2, 0.25) is 0 Å². The predicted molar refractivity (Wildman–Crippen MR) is 118 cm³/mol. The molecule has 4 aliphatic rings. The maximum absolute atomic E-state index is 10.2. The van der Waals surface area contributed by atoms with Crippen molar-refractivity contribution >= 4 is 5.57 Å². The Balaban J connectivity index is 0.000000645. The average Bonchev–Trinajstić information content (AvgIpc) is 3.07. The molecule has 0 saturated heterocycles. The molecule has 1 heterocycles. The second-order valence-corrected chi connectivity index (χ2v) is 10.0. The SMILES string of the molecule is CCO.C[C@]12CC[C@H](O)CC1=CC[C@@H]1[C@@H]2CC[C@]2(C)C(c3cccnc3)=CC[C@@H]12. The summed E-state index contributed by atoms with van der Waals surface area (Å²) in [5.41, 5.74) is 5.09. The van der Waals surface area contributed by atoms with E-state index in [4.69, 9.17) is 5.11 Å². The molecule has 5 rings (SSSR count). The van der Waals surface area contributed by atoms with E-state index in [2.05, 4.69) is 43.1 Å². The van der Waals surface area contributed by atoms with Crippen LogP contribution in [0.25, 0.3) is 5.57 Å². The zero-order valence-corrected chi connectivity index (χ0v) is 18.3. The smallest absolute Gasteiger partial charge is 0.0577 e. The number of nitrogens with zero attached hydrogens (tertiary/aromatic N) is 1. The van der Waals surface area contributed by atoms with Crippen molar-refractivity contribution in [2.45, 2.75) is 71.8 Å². The van der Waals surface area contributed by atoms with Gasteiger partial charge in [-0.2, -0.15) is 0 Å². The fourth-order valence-corrected chi connectivity index (χ4v) is 7.18. The highest BCUT2D eigenvalue weighted by Gasteiger charge is 2.56. The highest BCUT2D eigenvalue weighted by molar-refractivity contribution is 5.72. The first-order valence-corrected chi connectivity index (χ1v) is 11.5. The first-order valence-electron chi connectivity index (χ1n) is 11.5. The number of hydrogen-bond donors (Lipinski definition) is 2. The molecule has 3 nitrogen and oxygen atoms in total. The van der Waals surface area contributed by atoms with Crippen LogP contribution in [0, 0.1) is 28.6 Å². The quantitative estimate of drug-likeness (QED) is 0.626. The number of fused-ring (bicyclic) bond motifs is 5. The number of aromatic nitrogens is 1. The number of aliphatic hydroxyl groups excluding tert-OH is 2. The number of rotatable bonds is 1. The molecule has 0 aliphatic heterocycles. The molecule has 0 radical (unpaired) electrons. The minimum atomic E-state index is -0.106. The molecule has 4 aliphatic carbocycles. The van der Waals surface area contributed by atoms with Crippen molar-refractivity contribution < 1.29 is 10.2 Å². The Bertz CT molecular complexity index is 785. The Labute approximate surface area is 176 Å². The summed E-state index contributed by atoms with van der Waals surface area (Å²) < 4.78 is 0. The van der Waals surface area contributed by atoms with Gasteiger partial charge in [-0.1, -0.05) is 37.6 Å². The van der Waals surface area contributed by atoms with Gasteiger partial charge in [-0.15, -0.1) is 0 Å². The van der Waals surface area contributed by atoms with Gasteiger partial charge in [0.15, 0.2) is 0 Å². The first-order chi connectivity index (χ1) is 13.9. The summed E-state index contributed by atoms with van der Waals surface area (Å²) in [6, 6.07) is 4.31. The molecule has 2 N–H and O–H groups in total. The number of allylic oxidation sites excluding steroid dienone is 3. The van der Waals surface area contributed by atoms with Gasteiger partial charge in [0.1, 0.15) is 0 Å². The zero-order chi connectivity index (χ0) is 20.6. The van der Waals surface area contributed by atoms with Gasteiger partial charge in [0.05, 0.1) is 6.10 Å². The summed E-state index contributed by atoms with van der Waals surface area (Å²) in [6.07, 6.45) is 17.0. The Morgan fingerprint density at radius 2 is 1.83 bits per heavy atom. The first kappa shape index (κ1) is 20.8. The topological polar surface area (TPSA) is 53.4 Å². The van der Waals surface area contributed by atoms with Crippen LogP contribution in [0.4, 0.5) is 0 Å². The molecule has 0 bridgehead atoms. The lowest BCUT2D eigenvalue weighted by Gasteiger charge is -2.57. The number of aliphatic hydroxyl groups is 2. The second-order valence-electron chi connectivity index (χ2n) is 10.0. The summed E-state index contributed by atoms with van der Waals surface area (Å²) in [7, 11) is 0. The molecule has 0 aromatic carbocycles. The van der Waals surface area contributed by atoms with Crippen molar-refractivity contribution in [2.24, 2.45) is 28.6 Å². The maximum atomic E-state index is 10.2. The predicted octanol–water partition coefficient (Wildman–Crippen LogP) is 5.40. The van der Waals surface area contributed by atoms with Crippen LogP contribution in [-0.4, -0.2) is 27.9 Å². The van der Waals surface area contributed by atoms with Crippen LogP contribution in [0.3, 0.4) is 0 Å². The van der Waals surface area contributed by atoms with E-state index in [9.17, 15) is 5.11 Å². The van der Waals surface area contributed by atoms with Crippen LogP contribution in [0.15, 0.2) is 42.3 Å². The standard InChI is InChI=1S/C24H31NO.C2H6O/c1-23-11-9-18(26)14-17(23)5-6-19-21-8-7-20(16-4-3-13-25-15-16)24(21,2)12-10-22(19)23;1-2-3/h3-5,7,13,15,18-19,21-22,26H,6,8-12,14H2,1-2H3;3H,2H2,1H3/t18-,19-,21-,22-,23-,24+;/m0./s1. The molecule has 0 spiro atoms. The monoisotopic (exact) mass is 395 g/mol. The molecular formula is C26H37NO2. The molecule has 3 heteroatoms. The minimum Gasteiger partial charge on any atom is -0.397 e. The third-order valence-electron chi connectivity index (χ3n) is 8.63. The van der Waals surface area contributed by atoms with Crippen molar-refractivity contribution in [3.63, 3.8) is 0 Å². The van der Waals surface area contributed by atoms with Crippen LogP contribution in [-0.2, 0) is 0 Å². The van der Waals surface area contributed by atoms with E-state index >= 15 is 0 Å². The van der Waals surface area contributed by atoms with Gasteiger partial charge in [-0.3, -0.25) is 4.98 Å². The Morgan fingerprint density at radius 1 is 1.07 bits per heavy atom. The average molecular weight is 396 g/mol. The van der Waals surface area contributed by atoms with Gasteiger partial charge < -0.3 is 10.2 Å². The van der Waals surface area contributed by atoms with E-state index in [1.807, 2.05) is 12.4 Å². The van der Waals surface area contributed by atoms with Gasteiger partial charge in [0.25, 0.3) is 0 Å². The largest absolute Gasteiger partial charge is 0.397 e. The number of pyridine rings is 1. The van der Waals surface area contributed by atoms with Crippen molar-refractivity contribution in [2.75, 3.05) is 6.61 Å². The van der Waals surface area contributed by atoms with Gasteiger partial charge in [-0.25, -0.2) is 0 Å².